The van der Waals surface area contributed by atoms with Crippen LogP contribution in [0, 0.1) is 0 Å². The number of carbonyl (C=O) groups excluding carboxylic acids is 1. The number of amides is 1. The second-order valence-corrected chi connectivity index (χ2v) is 7.03. The van der Waals surface area contributed by atoms with Crippen LogP contribution in [-0.4, -0.2) is 35.8 Å². The molecule has 1 unspecified atom stereocenters. The highest BCUT2D eigenvalue weighted by molar-refractivity contribution is 6.36. The van der Waals surface area contributed by atoms with Gasteiger partial charge in [0.05, 0.1) is 23.2 Å². The summed E-state index contributed by atoms with van der Waals surface area (Å²) in [5.41, 5.74) is 1.54. The minimum atomic E-state index is -0.0838. The Balaban J connectivity index is 1.79. The molecule has 1 atom stereocenters. The first kappa shape index (κ1) is 18.1. The van der Waals surface area contributed by atoms with Crippen molar-refractivity contribution in [3.05, 3.63) is 28.9 Å². The van der Waals surface area contributed by atoms with E-state index in [1.165, 1.54) is 0 Å². The average molecular weight is 365 g/mol. The van der Waals surface area contributed by atoms with Gasteiger partial charge in [-0.05, 0) is 44.9 Å². The van der Waals surface area contributed by atoms with Crippen LogP contribution < -0.4 is 10.1 Å². The summed E-state index contributed by atoms with van der Waals surface area (Å²) in [6.07, 6.45) is 1.95. The molecular weight excluding hydrogens is 340 g/mol. The summed E-state index contributed by atoms with van der Waals surface area (Å²) in [6, 6.07) is 5.57. The smallest absolute Gasteiger partial charge is 0.267 e. The minimum Gasteiger partial charge on any atom is -0.486 e. The molecule has 1 aromatic heterocycles. The molecule has 0 bridgehead atoms. The standard InChI is InChI=1S/C19H25ClN2O3/c1-4-13-11-22-16(19(23)21-8-5-9-24-12(2)3)10-14-15(20)6-7-17(25-13)18(14)22/h6-7,10,12-13H,4-5,8-9,11H2,1-3H3,(H,21,23). The van der Waals surface area contributed by atoms with Gasteiger partial charge in [-0.25, -0.2) is 0 Å². The van der Waals surface area contributed by atoms with Crippen molar-refractivity contribution in [3.63, 3.8) is 0 Å². The van der Waals surface area contributed by atoms with Gasteiger partial charge >= 0.3 is 0 Å². The van der Waals surface area contributed by atoms with Crippen molar-refractivity contribution in [2.75, 3.05) is 13.2 Å². The zero-order chi connectivity index (χ0) is 18.0. The first-order valence-corrected chi connectivity index (χ1v) is 9.27. The number of ether oxygens (including phenoxy) is 2. The summed E-state index contributed by atoms with van der Waals surface area (Å²) < 4.78 is 13.5. The number of nitrogens with zero attached hydrogens (tertiary/aromatic N) is 1. The molecule has 136 valence electrons. The second kappa shape index (κ2) is 7.67. The summed E-state index contributed by atoms with van der Waals surface area (Å²) in [6.45, 7) is 7.98. The average Bonchev–Trinajstić information content (AvgIpc) is 2.98. The number of hydrogen-bond donors (Lipinski definition) is 1. The third kappa shape index (κ3) is 3.77. The second-order valence-electron chi connectivity index (χ2n) is 6.63. The van der Waals surface area contributed by atoms with Gasteiger partial charge in [-0.1, -0.05) is 18.5 Å². The van der Waals surface area contributed by atoms with E-state index in [0.717, 1.165) is 29.5 Å². The van der Waals surface area contributed by atoms with Crippen LogP contribution in [-0.2, 0) is 11.3 Å². The lowest BCUT2D eigenvalue weighted by molar-refractivity contribution is 0.0755. The number of nitrogens with one attached hydrogen (secondary N) is 1. The summed E-state index contributed by atoms with van der Waals surface area (Å²) in [5.74, 6) is 0.710. The Hall–Kier alpha value is -1.72. The maximum Gasteiger partial charge on any atom is 0.267 e. The summed E-state index contributed by atoms with van der Waals surface area (Å²) in [7, 11) is 0. The number of rotatable bonds is 7. The molecule has 0 saturated carbocycles. The molecule has 1 aliphatic heterocycles. The van der Waals surface area contributed by atoms with Crippen LogP contribution >= 0.6 is 11.6 Å². The van der Waals surface area contributed by atoms with Crippen molar-refractivity contribution in [1.82, 2.24) is 9.88 Å². The van der Waals surface area contributed by atoms with Crippen LogP contribution in [0.2, 0.25) is 5.02 Å². The van der Waals surface area contributed by atoms with Gasteiger partial charge < -0.3 is 19.4 Å². The van der Waals surface area contributed by atoms with Crippen LogP contribution in [0.1, 0.15) is 44.1 Å². The fraction of sp³-hybridized carbons (Fsp3) is 0.526. The highest BCUT2D eigenvalue weighted by Crippen LogP contribution is 2.38. The Morgan fingerprint density at radius 2 is 2.28 bits per heavy atom. The normalized spacial score (nSPS) is 16.3. The van der Waals surface area contributed by atoms with Crippen molar-refractivity contribution in [3.8, 4) is 5.75 Å². The molecule has 0 aliphatic carbocycles. The summed E-state index contributed by atoms with van der Waals surface area (Å²) in [4.78, 5) is 12.7. The maximum absolute atomic E-state index is 12.7. The van der Waals surface area contributed by atoms with E-state index in [9.17, 15) is 4.79 Å². The molecule has 1 aromatic carbocycles. The molecule has 6 heteroatoms. The minimum absolute atomic E-state index is 0.0651. The van der Waals surface area contributed by atoms with E-state index in [4.69, 9.17) is 21.1 Å². The number of halogens is 1. The van der Waals surface area contributed by atoms with Gasteiger partial charge in [-0.15, -0.1) is 0 Å². The Kier molecular flexibility index (Phi) is 5.54. The number of hydrogen-bond acceptors (Lipinski definition) is 3. The molecule has 1 amide bonds. The highest BCUT2D eigenvalue weighted by atomic mass is 35.5. The lowest BCUT2D eigenvalue weighted by atomic mass is 10.2. The molecule has 0 spiro atoms. The van der Waals surface area contributed by atoms with Gasteiger partial charge in [-0.3, -0.25) is 4.79 Å². The van der Waals surface area contributed by atoms with Gasteiger partial charge in [0.15, 0.2) is 0 Å². The van der Waals surface area contributed by atoms with E-state index in [2.05, 4.69) is 12.2 Å². The molecule has 5 nitrogen and oxygen atoms in total. The zero-order valence-corrected chi connectivity index (χ0v) is 15.7. The molecule has 2 heterocycles. The number of benzene rings is 1. The van der Waals surface area contributed by atoms with Crippen LogP contribution in [0.4, 0.5) is 0 Å². The first-order valence-electron chi connectivity index (χ1n) is 8.89. The van der Waals surface area contributed by atoms with Crippen molar-refractivity contribution in [2.45, 2.75) is 52.4 Å². The highest BCUT2D eigenvalue weighted by Gasteiger charge is 2.26. The zero-order valence-electron chi connectivity index (χ0n) is 15.0. The van der Waals surface area contributed by atoms with E-state index >= 15 is 0 Å². The topological polar surface area (TPSA) is 52.5 Å². The van der Waals surface area contributed by atoms with Gasteiger partial charge in [0.2, 0.25) is 0 Å². The fourth-order valence-corrected chi connectivity index (χ4v) is 3.31. The lowest BCUT2D eigenvalue weighted by Gasteiger charge is -2.26. The van der Waals surface area contributed by atoms with Crippen molar-refractivity contribution in [2.24, 2.45) is 0 Å². The molecule has 2 aromatic rings. The third-order valence-corrected chi connectivity index (χ3v) is 4.72. The van der Waals surface area contributed by atoms with Gasteiger partial charge in [0.25, 0.3) is 5.91 Å². The lowest BCUT2D eigenvalue weighted by Crippen LogP contribution is -2.32. The van der Waals surface area contributed by atoms with Gasteiger partial charge in [0.1, 0.15) is 17.5 Å². The van der Waals surface area contributed by atoms with Crippen LogP contribution in [0.5, 0.6) is 5.75 Å². The largest absolute Gasteiger partial charge is 0.486 e. The monoisotopic (exact) mass is 364 g/mol. The molecule has 0 radical (unpaired) electrons. The quantitative estimate of drug-likeness (QED) is 0.755. The van der Waals surface area contributed by atoms with Crippen LogP contribution in [0.25, 0.3) is 10.9 Å². The van der Waals surface area contributed by atoms with Crippen molar-refractivity contribution in [1.29, 1.82) is 0 Å². The van der Waals surface area contributed by atoms with Crippen LogP contribution in [0.3, 0.4) is 0 Å². The van der Waals surface area contributed by atoms with Crippen LogP contribution in [0.15, 0.2) is 18.2 Å². The fourth-order valence-electron chi connectivity index (χ4n) is 3.10. The molecular formula is C19H25ClN2O3. The third-order valence-electron chi connectivity index (χ3n) is 4.39. The molecule has 1 N–H and O–H groups in total. The molecule has 1 aliphatic rings. The summed E-state index contributed by atoms with van der Waals surface area (Å²) in [5, 5.41) is 4.48. The molecule has 25 heavy (non-hydrogen) atoms. The van der Waals surface area contributed by atoms with E-state index in [-0.39, 0.29) is 18.1 Å². The Morgan fingerprint density at radius 1 is 1.48 bits per heavy atom. The molecule has 0 fully saturated rings. The first-order chi connectivity index (χ1) is 12.0. The van der Waals surface area contributed by atoms with E-state index in [1.54, 1.807) is 0 Å². The van der Waals surface area contributed by atoms with Crippen molar-refractivity contribution < 1.29 is 14.3 Å². The van der Waals surface area contributed by atoms with E-state index in [1.807, 2.05) is 36.6 Å². The molecule has 3 rings (SSSR count). The Morgan fingerprint density at radius 3 is 3.00 bits per heavy atom. The number of carbonyl (C=O) groups is 1. The van der Waals surface area contributed by atoms with Crippen molar-refractivity contribution >= 4 is 28.4 Å². The Labute approximate surface area is 153 Å². The van der Waals surface area contributed by atoms with E-state index < -0.39 is 0 Å². The maximum atomic E-state index is 12.7. The predicted octanol–water partition coefficient (Wildman–Crippen LogP) is 4.01. The van der Waals surface area contributed by atoms with E-state index in [0.29, 0.717) is 30.4 Å². The SMILES string of the molecule is CCC1Cn2c(C(=O)NCCCOC(C)C)cc3c(Cl)ccc(c32)O1. The number of aromatic nitrogens is 1. The van der Waals surface area contributed by atoms with Gasteiger partial charge in [0, 0.05) is 18.5 Å². The molecule has 0 saturated heterocycles. The Bertz CT molecular complexity index is 770. The predicted molar refractivity (Wildman–Crippen MR) is 99.7 cm³/mol. The van der Waals surface area contributed by atoms with Gasteiger partial charge in [-0.2, -0.15) is 0 Å². The summed E-state index contributed by atoms with van der Waals surface area (Å²) >= 11 is 6.33.